The minimum atomic E-state index is 0.0638. The van der Waals surface area contributed by atoms with E-state index in [9.17, 15) is 0 Å². The molecule has 0 aliphatic heterocycles. The van der Waals surface area contributed by atoms with Crippen LogP contribution >= 0.6 is 0 Å². The maximum absolute atomic E-state index is 6.99. The van der Waals surface area contributed by atoms with E-state index in [4.69, 9.17) is 15.9 Å². The molecule has 1 aliphatic rings. The third-order valence-electron chi connectivity index (χ3n) is 2.01. The molecule has 12 heavy (non-hydrogen) atoms. The van der Waals surface area contributed by atoms with Crippen molar-refractivity contribution < 1.29 is 4.74 Å². The van der Waals surface area contributed by atoms with E-state index in [0.29, 0.717) is 12.1 Å². The van der Waals surface area contributed by atoms with Crippen LogP contribution < -0.4 is 11.1 Å². The Bertz CT molecular complexity index is 154. The standard InChI is InChI=1S/C8H17N3O/c1-2-3-12-7-4-6(5-7)11-8(9)10/h6-7H,2-5H2,1H3,(H4,9,10,11)/t6-,7-. The van der Waals surface area contributed by atoms with E-state index in [-0.39, 0.29) is 5.96 Å². The normalized spacial score (nSPS) is 27.8. The van der Waals surface area contributed by atoms with Gasteiger partial charge in [0.15, 0.2) is 5.96 Å². The first-order chi connectivity index (χ1) is 5.72. The molecule has 0 aromatic rings. The Hall–Kier alpha value is -0.770. The van der Waals surface area contributed by atoms with E-state index >= 15 is 0 Å². The monoisotopic (exact) mass is 171 g/mol. The van der Waals surface area contributed by atoms with Gasteiger partial charge in [-0.1, -0.05) is 6.92 Å². The molecular weight excluding hydrogens is 154 g/mol. The van der Waals surface area contributed by atoms with Crippen molar-refractivity contribution in [3.8, 4) is 0 Å². The van der Waals surface area contributed by atoms with E-state index in [0.717, 1.165) is 25.9 Å². The fourth-order valence-electron chi connectivity index (χ4n) is 1.32. The highest BCUT2D eigenvalue weighted by atomic mass is 16.5. The molecule has 1 aliphatic carbocycles. The van der Waals surface area contributed by atoms with Gasteiger partial charge in [0.05, 0.1) is 6.10 Å². The number of rotatable bonds is 4. The van der Waals surface area contributed by atoms with Gasteiger partial charge in [0.1, 0.15) is 0 Å². The molecule has 1 saturated carbocycles. The number of ether oxygens (including phenoxy) is 1. The average molecular weight is 171 g/mol. The molecule has 0 unspecified atom stereocenters. The summed E-state index contributed by atoms with van der Waals surface area (Å²) in [4.78, 5) is 0. The molecule has 70 valence electrons. The summed E-state index contributed by atoms with van der Waals surface area (Å²) in [5.74, 6) is 0.0638. The SMILES string of the molecule is CCCO[C@H]1C[C@H](NC(=N)N)C1. The van der Waals surface area contributed by atoms with Crippen LogP contribution in [0.1, 0.15) is 26.2 Å². The zero-order valence-electron chi connectivity index (χ0n) is 7.47. The van der Waals surface area contributed by atoms with Crippen molar-refractivity contribution in [1.82, 2.24) is 5.32 Å². The lowest BCUT2D eigenvalue weighted by atomic mass is 9.89. The van der Waals surface area contributed by atoms with Crippen molar-refractivity contribution in [2.45, 2.75) is 38.3 Å². The van der Waals surface area contributed by atoms with E-state index in [1.54, 1.807) is 0 Å². The third kappa shape index (κ3) is 2.70. The summed E-state index contributed by atoms with van der Waals surface area (Å²) >= 11 is 0. The van der Waals surface area contributed by atoms with Gasteiger partial charge in [-0.15, -0.1) is 0 Å². The van der Waals surface area contributed by atoms with Gasteiger partial charge in [-0.3, -0.25) is 5.41 Å². The zero-order chi connectivity index (χ0) is 8.97. The van der Waals surface area contributed by atoms with Gasteiger partial charge in [-0.05, 0) is 19.3 Å². The van der Waals surface area contributed by atoms with E-state index in [1.165, 1.54) is 0 Å². The molecule has 0 aromatic carbocycles. The average Bonchev–Trinajstić information content (AvgIpc) is 1.93. The van der Waals surface area contributed by atoms with Crippen molar-refractivity contribution >= 4 is 5.96 Å². The van der Waals surface area contributed by atoms with Crippen molar-refractivity contribution in [2.75, 3.05) is 6.61 Å². The summed E-state index contributed by atoms with van der Waals surface area (Å²) < 4.78 is 5.49. The minimum absolute atomic E-state index is 0.0638. The van der Waals surface area contributed by atoms with Crippen LogP contribution in [0.5, 0.6) is 0 Å². The number of hydrogen-bond acceptors (Lipinski definition) is 2. The van der Waals surface area contributed by atoms with Crippen LogP contribution in [0, 0.1) is 5.41 Å². The zero-order valence-corrected chi connectivity index (χ0v) is 7.47. The topological polar surface area (TPSA) is 71.1 Å². The first-order valence-electron chi connectivity index (χ1n) is 4.44. The Labute approximate surface area is 73.0 Å². The molecule has 0 bridgehead atoms. The molecule has 0 spiro atoms. The number of nitrogens with one attached hydrogen (secondary N) is 2. The smallest absolute Gasteiger partial charge is 0.185 e. The summed E-state index contributed by atoms with van der Waals surface area (Å²) in [6.07, 6.45) is 3.43. The third-order valence-corrected chi connectivity index (χ3v) is 2.01. The van der Waals surface area contributed by atoms with Crippen LogP contribution in [0.25, 0.3) is 0 Å². The molecule has 4 N–H and O–H groups in total. The number of hydrogen-bond donors (Lipinski definition) is 3. The molecule has 0 atom stereocenters. The van der Waals surface area contributed by atoms with Crippen LogP contribution in [0.4, 0.5) is 0 Å². The predicted octanol–water partition coefficient (Wildman–Crippen LogP) is 0.427. The van der Waals surface area contributed by atoms with Gasteiger partial charge in [-0.25, -0.2) is 0 Å². The molecule has 0 heterocycles. The van der Waals surface area contributed by atoms with E-state index in [2.05, 4.69) is 12.2 Å². The van der Waals surface area contributed by atoms with Gasteiger partial charge in [-0.2, -0.15) is 0 Å². The molecular formula is C8H17N3O. The molecule has 4 heteroatoms. The minimum Gasteiger partial charge on any atom is -0.378 e. The molecule has 0 radical (unpaired) electrons. The van der Waals surface area contributed by atoms with Gasteiger partial charge in [0, 0.05) is 12.6 Å². The highest BCUT2D eigenvalue weighted by Gasteiger charge is 2.29. The maximum Gasteiger partial charge on any atom is 0.185 e. The van der Waals surface area contributed by atoms with Crippen LogP contribution in [-0.2, 0) is 4.74 Å². The summed E-state index contributed by atoms with van der Waals surface area (Å²) in [5.41, 5.74) is 5.18. The fraction of sp³-hybridized carbons (Fsp3) is 0.875. The van der Waals surface area contributed by atoms with Crippen LogP contribution in [0.2, 0.25) is 0 Å². The van der Waals surface area contributed by atoms with Gasteiger partial charge >= 0.3 is 0 Å². The second-order valence-electron chi connectivity index (χ2n) is 3.22. The predicted molar refractivity (Wildman–Crippen MR) is 48.1 cm³/mol. The first kappa shape index (κ1) is 9.32. The lowest BCUT2D eigenvalue weighted by Gasteiger charge is -2.35. The van der Waals surface area contributed by atoms with Crippen molar-refractivity contribution in [3.63, 3.8) is 0 Å². The lowest BCUT2D eigenvalue weighted by Crippen LogP contribution is -2.49. The molecule has 1 fully saturated rings. The summed E-state index contributed by atoms with van der Waals surface area (Å²) in [6, 6.07) is 0.365. The molecule has 4 nitrogen and oxygen atoms in total. The summed E-state index contributed by atoms with van der Waals surface area (Å²) in [5, 5.41) is 9.86. The quantitative estimate of drug-likeness (QED) is 0.424. The van der Waals surface area contributed by atoms with Crippen molar-refractivity contribution in [3.05, 3.63) is 0 Å². The van der Waals surface area contributed by atoms with Crippen LogP contribution in [0.3, 0.4) is 0 Å². The Balaban J connectivity index is 2.00. The number of guanidine groups is 1. The van der Waals surface area contributed by atoms with Crippen LogP contribution in [-0.4, -0.2) is 24.7 Å². The largest absolute Gasteiger partial charge is 0.378 e. The Morgan fingerprint density at radius 3 is 2.83 bits per heavy atom. The fourth-order valence-corrected chi connectivity index (χ4v) is 1.32. The second-order valence-corrected chi connectivity index (χ2v) is 3.22. The van der Waals surface area contributed by atoms with Gasteiger partial charge < -0.3 is 15.8 Å². The maximum atomic E-state index is 6.99. The van der Waals surface area contributed by atoms with Gasteiger partial charge in [0.2, 0.25) is 0 Å². The molecule has 0 saturated heterocycles. The number of nitrogens with two attached hydrogens (primary N) is 1. The van der Waals surface area contributed by atoms with Gasteiger partial charge in [0.25, 0.3) is 0 Å². The van der Waals surface area contributed by atoms with E-state index < -0.39 is 0 Å². The molecule has 0 amide bonds. The van der Waals surface area contributed by atoms with Crippen molar-refractivity contribution in [1.29, 1.82) is 5.41 Å². The Morgan fingerprint density at radius 2 is 2.33 bits per heavy atom. The highest BCUT2D eigenvalue weighted by Crippen LogP contribution is 2.22. The Kier molecular flexibility index (Phi) is 3.34. The highest BCUT2D eigenvalue weighted by molar-refractivity contribution is 5.74. The summed E-state index contributed by atoms with van der Waals surface area (Å²) in [7, 11) is 0. The second kappa shape index (κ2) is 4.30. The summed E-state index contributed by atoms with van der Waals surface area (Å²) in [6.45, 7) is 2.95. The molecule has 0 aromatic heterocycles. The first-order valence-corrected chi connectivity index (χ1v) is 4.44. The Morgan fingerprint density at radius 1 is 1.67 bits per heavy atom. The lowest BCUT2D eigenvalue weighted by molar-refractivity contribution is -0.0121. The van der Waals surface area contributed by atoms with E-state index in [1.807, 2.05) is 0 Å². The van der Waals surface area contributed by atoms with Crippen molar-refractivity contribution in [2.24, 2.45) is 5.73 Å². The van der Waals surface area contributed by atoms with Crippen LogP contribution in [0.15, 0.2) is 0 Å². The molecule has 1 rings (SSSR count).